The number of hydrogen-bond acceptors (Lipinski definition) is 3. The molecule has 0 aliphatic rings. The summed E-state index contributed by atoms with van der Waals surface area (Å²) in [6, 6.07) is 5.96. The first-order valence-electron chi connectivity index (χ1n) is 6.48. The van der Waals surface area contributed by atoms with Crippen LogP contribution in [0, 0.1) is 13.8 Å². The van der Waals surface area contributed by atoms with Crippen LogP contribution in [-0.2, 0) is 12.8 Å². The van der Waals surface area contributed by atoms with E-state index in [2.05, 4.69) is 24.9 Å². The van der Waals surface area contributed by atoms with Gasteiger partial charge in [-0.1, -0.05) is 30.7 Å². The number of rotatable bonds is 4. The molecule has 0 spiro atoms. The van der Waals surface area contributed by atoms with Crippen LogP contribution in [0.2, 0.25) is 5.02 Å². The van der Waals surface area contributed by atoms with E-state index in [4.69, 9.17) is 17.3 Å². The molecule has 1 atom stereocenters. The topological polar surface area (TPSA) is 38.9 Å². The lowest BCUT2D eigenvalue weighted by Gasteiger charge is -2.11. The normalized spacial score (nSPS) is 12.7. The summed E-state index contributed by atoms with van der Waals surface area (Å²) >= 11 is 7.79. The number of aromatic nitrogens is 1. The van der Waals surface area contributed by atoms with Crippen LogP contribution in [0.1, 0.15) is 39.7 Å². The Kier molecular flexibility index (Phi) is 4.61. The van der Waals surface area contributed by atoms with E-state index in [1.807, 2.05) is 19.1 Å². The highest BCUT2D eigenvalue weighted by atomic mass is 35.5. The van der Waals surface area contributed by atoms with Crippen LogP contribution in [-0.4, -0.2) is 4.98 Å². The molecule has 0 amide bonds. The quantitative estimate of drug-likeness (QED) is 0.917. The van der Waals surface area contributed by atoms with E-state index in [0.717, 1.165) is 34.0 Å². The third-order valence-electron chi connectivity index (χ3n) is 3.28. The molecule has 0 aliphatic heterocycles. The molecule has 0 fully saturated rings. The Hall–Kier alpha value is -0.900. The molecule has 4 heteroatoms. The van der Waals surface area contributed by atoms with Crippen molar-refractivity contribution in [3.63, 3.8) is 0 Å². The van der Waals surface area contributed by atoms with Crippen molar-refractivity contribution in [2.75, 3.05) is 0 Å². The molecule has 1 heterocycles. The molecule has 1 aromatic carbocycles. The van der Waals surface area contributed by atoms with Crippen molar-refractivity contribution in [3.05, 3.63) is 49.9 Å². The predicted octanol–water partition coefficient (Wildman–Crippen LogP) is 4.22. The number of nitrogens with two attached hydrogens (primary N) is 1. The first-order valence-corrected chi connectivity index (χ1v) is 7.67. The van der Waals surface area contributed by atoms with Crippen LogP contribution in [0.25, 0.3) is 0 Å². The summed E-state index contributed by atoms with van der Waals surface area (Å²) in [6.07, 6.45) is 1.77. The molecule has 0 bridgehead atoms. The average Bonchev–Trinajstić information content (AvgIpc) is 2.72. The van der Waals surface area contributed by atoms with E-state index in [-0.39, 0.29) is 6.04 Å². The van der Waals surface area contributed by atoms with Gasteiger partial charge in [-0.15, -0.1) is 11.3 Å². The van der Waals surface area contributed by atoms with Crippen LogP contribution in [0.5, 0.6) is 0 Å². The van der Waals surface area contributed by atoms with Crippen LogP contribution in [0.3, 0.4) is 0 Å². The van der Waals surface area contributed by atoms with E-state index >= 15 is 0 Å². The van der Waals surface area contributed by atoms with Crippen molar-refractivity contribution in [3.8, 4) is 0 Å². The van der Waals surface area contributed by atoms with Gasteiger partial charge in [-0.3, -0.25) is 0 Å². The maximum Gasteiger partial charge on any atom is 0.0949 e. The summed E-state index contributed by atoms with van der Waals surface area (Å²) in [4.78, 5) is 5.95. The second kappa shape index (κ2) is 6.04. The third kappa shape index (κ3) is 3.35. The Morgan fingerprint density at radius 1 is 1.37 bits per heavy atom. The summed E-state index contributed by atoms with van der Waals surface area (Å²) in [5.74, 6) is 0. The van der Waals surface area contributed by atoms with Gasteiger partial charge < -0.3 is 5.73 Å². The molecule has 2 aromatic rings. The number of benzene rings is 1. The Balaban J connectivity index is 2.15. The maximum atomic E-state index is 6.27. The van der Waals surface area contributed by atoms with E-state index in [0.29, 0.717) is 0 Å². The van der Waals surface area contributed by atoms with Crippen molar-refractivity contribution in [1.82, 2.24) is 4.98 Å². The fourth-order valence-electron chi connectivity index (χ4n) is 2.11. The zero-order chi connectivity index (χ0) is 14.0. The summed E-state index contributed by atoms with van der Waals surface area (Å²) in [5.41, 5.74) is 9.65. The number of thiazole rings is 1. The van der Waals surface area contributed by atoms with Crippen molar-refractivity contribution in [1.29, 1.82) is 0 Å². The zero-order valence-electron chi connectivity index (χ0n) is 11.5. The minimum Gasteiger partial charge on any atom is -0.324 e. The van der Waals surface area contributed by atoms with Gasteiger partial charge in [-0.25, -0.2) is 4.98 Å². The zero-order valence-corrected chi connectivity index (χ0v) is 13.1. The number of aryl methyl sites for hydroxylation is 3. The van der Waals surface area contributed by atoms with Crippen LogP contribution in [0.4, 0.5) is 0 Å². The van der Waals surface area contributed by atoms with Gasteiger partial charge in [-0.05, 0) is 37.5 Å². The molecule has 2 N–H and O–H groups in total. The minimum absolute atomic E-state index is 0.0220. The first-order chi connectivity index (χ1) is 9.01. The lowest BCUT2D eigenvalue weighted by molar-refractivity contribution is 0.715. The van der Waals surface area contributed by atoms with Gasteiger partial charge in [0, 0.05) is 22.4 Å². The smallest absolute Gasteiger partial charge is 0.0949 e. The molecule has 1 aromatic heterocycles. The third-order valence-corrected chi connectivity index (χ3v) is 4.74. The van der Waals surface area contributed by atoms with Gasteiger partial charge in [0.25, 0.3) is 0 Å². The molecule has 2 rings (SSSR count). The Morgan fingerprint density at radius 2 is 2.11 bits per heavy atom. The molecular formula is C15H19ClN2S. The number of halogens is 1. The summed E-state index contributed by atoms with van der Waals surface area (Å²) < 4.78 is 0. The fraction of sp³-hybridized carbons (Fsp3) is 0.400. The van der Waals surface area contributed by atoms with E-state index in [1.54, 1.807) is 11.3 Å². The second-order valence-corrected chi connectivity index (χ2v) is 6.48. The molecule has 0 radical (unpaired) electrons. The van der Waals surface area contributed by atoms with Crippen molar-refractivity contribution in [2.45, 2.75) is 39.7 Å². The SMILES string of the molecule is CCc1nc(CC(N)c2ccc(Cl)c(C)c2)sc1C. The van der Waals surface area contributed by atoms with Gasteiger partial charge in [0.2, 0.25) is 0 Å². The van der Waals surface area contributed by atoms with Crippen molar-refractivity contribution < 1.29 is 0 Å². The van der Waals surface area contributed by atoms with Crippen LogP contribution < -0.4 is 5.73 Å². The minimum atomic E-state index is -0.0220. The van der Waals surface area contributed by atoms with E-state index < -0.39 is 0 Å². The first kappa shape index (κ1) is 14.5. The number of nitrogens with zero attached hydrogens (tertiary/aromatic N) is 1. The average molecular weight is 295 g/mol. The highest BCUT2D eigenvalue weighted by Gasteiger charge is 2.12. The molecule has 0 aliphatic carbocycles. The lowest BCUT2D eigenvalue weighted by Crippen LogP contribution is -2.13. The maximum absolute atomic E-state index is 6.27. The number of hydrogen-bond donors (Lipinski definition) is 1. The van der Waals surface area contributed by atoms with E-state index in [9.17, 15) is 0 Å². The van der Waals surface area contributed by atoms with Gasteiger partial charge in [0.1, 0.15) is 0 Å². The molecule has 1 unspecified atom stereocenters. The molecule has 0 saturated carbocycles. The van der Waals surface area contributed by atoms with Crippen molar-refractivity contribution >= 4 is 22.9 Å². The highest BCUT2D eigenvalue weighted by molar-refractivity contribution is 7.11. The highest BCUT2D eigenvalue weighted by Crippen LogP contribution is 2.25. The summed E-state index contributed by atoms with van der Waals surface area (Å²) in [7, 11) is 0. The van der Waals surface area contributed by atoms with Gasteiger partial charge in [-0.2, -0.15) is 0 Å². The lowest BCUT2D eigenvalue weighted by atomic mass is 10.0. The molecule has 0 saturated heterocycles. The largest absolute Gasteiger partial charge is 0.324 e. The van der Waals surface area contributed by atoms with Crippen LogP contribution >= 0.6 is 22.9 Å². The second-order valence-electron chi connectivity index (χ2n) is 4.78. The Bertz CT molecular complexity index is 578. The summed E-state index contributed by atoms with van der Waals surface area (Å²) in [6.45, 7) is 6.26. The Labute approximate surface area is 123 Å². The molecule has 102 valence electrons. The monoisotopic (exact) mass is 294 g/mol. The van der Waals surface area contributed by atoms with Gasteiger partial charge >= 0.3 is 0 Å². The van der Waals surface area contributed by atoms with Crippen LogP contribution in [0.15, 0.2) is 18.2 Å². The molecule has 2 nitrogen and oxygen atoms in total. The molecule has 19 heavy (non-hydrogen) atoms. The predicted molar refractivity (Wildman–Crippen MR) is 83.1 cm³/mol. The van der Waals surface area contributed by atoms with Gasteiger partial charge in [0.05, 0.1) is 10.7 Å². The van der Waals surface area contributed by atoms with E-state index in [1.165, 1.54) is 10.6 Å². The molecular weight excluding hydrogens is 276 g/mol. The Morgan fingerprint density at radius 3 is 2.68 bits per heavy atom. The van der Waals surface area contributed by atoms with Gasteiger partial charge in [0.15, 0.2) is 0 Å². The van der Waals surface area contributed by atoms with Crippen molar-refractivity contribution in [2.24, 2.45) is 5.73 Å². The fourth-order valence-corrected chi connectivity index (χ4v) is 3.31. The standard InChI is InChI=1S/C15H19ClN2S/c1-4-14-10(3)19-15(18-14)8-13(17)11-5-6-12(16)9(2)7-11/h5-7,13H,4,8,17H2,1-3H3. The summed E-state index contributed by atoms with van der Waals surface area (Å²) in [5, 5.41) is 1.91.